The van der Waals surface area contributed by atoms with Crippen molar-refractivity contribution in [2.75, 3.05) is 49.5 Å². The molecule has 8 nitrogen and oxygen atoms in total. The van der Waals surface area contributed by atoms with Crippen molar-refractivity contribution in [3.63, 3.8) is 0 Å². The number of carbonyl (C=O) groups is 1. The number of nitrogens with one attached hydrogen (secondary N) is 1. The highest BCUT2D eigenvalue weighted by Crippen LogP contribution is 2.13. The van der Waals surface area contributed by atoms with Crippen LogP contribution in [0.5, 0.6) is 0 Å². The molecule has 29 heavy (non-hydrogen) atoms. The molecule has 3 rings (SSSR count). The van der Waals surface area contributed by atoms with Crippen LogP contribution in [0.25, 0.3) is 0 Å². The Morgan fingerprint density at radius 3 is 2.28 bits per heavy atom. The number of ketones is 1. The van der Waals surface area contributed by atoms with Gasteiger partial charge in [-0.2, -0.15) is 0 Å². The predicted octanol–water partition coefficient (Wildman–Crippen LogP) is 0.911. The van der Waals surface area contributed by atoms with E-state index in [9.17, 15) is 14.4 Å². The van der Waals surface area contributed by atoms with E-state index in [1.807, 2.05) is 24.3 Å². The molecule has 1 aliphatic rings. The zero-order valence-corrected chi connectivity index (χ0v) is 17.4. The molecule has 0 amide bonds. The van der Waals surface area contributed by atoms with Gasteiger partial charge in [0.15, 0.2) is 5.78 Å². The van der Waals surface area contributed by atoms with Crippen molar-refractivity contribution < 1.29 is 4.79 Å². The Labute approximate surface area is 170 Å². The molecule has 1 aliphatic heterocycles. The molecule has 0 atom stereocenters. The molecule has 0 bridgehead atoms. The second-order valence-electron chi connectivity index (χ2n) is 7.48. The second kappa shape index (κ2) is 9.09. The predicted molar refractivity (Wildman–Crippen MR) is 115 cm³/mol. The first-order valence-corrected chi connectivity index (χ1v) is 9.96. The molecule has 0 aliphatic carbocycles. The standard InChI is InChI=1S/C21H29N5O3/c1-16(27)17-5-7-18(8-6-17)22-9-4-10-25-11-13-26(14-12-25)19-15-20(28)24(3)21(29)23(19)2/h5-8,15,22H,4,9-14H2,1-3H3. The molecule has 2 aromatic rings. The van der Waals surface area contributed by atoms with E-state index in [1.54, 1.807) is 24.6 Å². The summed E-state index contributed by atoms with van der Waals surface area (Å²) in [5.74, 6) is 0.764. The molecule has 8 heteroatoms. The van der Waals surface area contributed by atoms with Crippen LogP contribution in [0.3, 0.4) is 0 Å². The van der Waals surface area contributed by atoms with Crippen LogP contribution in [0.1, 0.15) is 23.7 Å². The smallest absolute Gasteiger partial charge is 0.332 e. The Balaban J connectivity index is 1.44. The first kappa shape index (κ1) is 20.9. The number of nitrogens with zero attached hydrogens (tertiary/aromatic N) is 4. The Morgan fingerprint density at radius 1 is 1.00 bits per heavy atom. The maximum absolute atomic E-state index is 12.1. The summed E-state index contributed by atoms with van der Waals surface area (Å²) < 4.78 is 2.67. The summed E-state index contributed by atoms with van der Waals surface area (Å²) in [5.41, 5.74) is 1.18. The minimum absolute atomic E-state index is 0.0756. The van der Waals surface area contributed by atoms with Crippen molar-refractivity contribution in [2.24, 2.45) is 14.1 Å². The lowest BCUT2D eigenvalue weighted by molar-refractivity contribution is 0.101. The van der Waals surface area contributed by atoms with Crippen LogP contribution < -0.4 is 21.5 Å². The Morgan fingerprint density at radius 2 is 1.66 bits per heavy atom. The van der Waals surface area contributed by atoms with Crippen molar-refractivity contribution in [2.45, 2.75) is 13.3 Å². The molecule has 1 aromatic carbocycles. The van der Waals surface area contributed by atoms with Crippen molar-refractivity contribution >= 4 is 17.3 Å². The van der Waals surface area contributed by atoms with Gasteiger partial charge in [0.1, 0.15) is 5.82 Å². The zero-order valence-electron chi connectivity index (χ0n) is 17.4. The quantitative estimate of drug-likeness (QED) is 0.551. The highest BCUT2D eigenvalue weighted by molar-refractivity contribution is 5.94. The van der Waals surface area contributed by atoms with Crippen molar-refractivity contribution in [3.8, 4) is 0 Å². The van der Waals surface area contributed by atoms with Crippen LogP contribution in [0.4, 0.5) is 11.5 Å². The number of Topliss-reactive ketones (excluding diaryl/α,β-unsaturated/α-hetero) is 1. The fourth-order valence-corrected chi connectivity index (χ4v) is 3.58. The van der Waals surface area contributed by atoms with E-state index in [2.05, 4.69) is 15.1 Å². The summed E-state index contributed by atoms with van der Waals surface area (Å²) in [7, 11) is 3.20. The first-order valence-electron chi connectivity index (χ1n) is 9.96. The van der Waals surface area contributed by atoms with Crippen LogP contribution in [0.15, 0.2) is 39.9 Å². The molecule has 0 unspecified atom stereocenters. The van der Waals surface area contributed by atoms with Gasteiger partial charge < -0.3 is 10.2 Å². The highest BCUT2D eigenvalue weighted by Gasteiger charge is 2.19. The van der Waals surface area contributed by atoms with E-state index < -0.39 is 0 Å². The summed E-state index contributed by atoms with van der Waals surface area (Å²) in [5, 5.41) is 3.39. The molecule has 0 radical (unpaired) electrons. The van der Waals surface area contributed by atoms with E-state index in [-0.39, 0.29) is 17.0 Å². The van der Waals surface area contributed by atoms with Gasteiger partial charge in [-0.05, 0) is 44.2 Å². The van der Waals surface area contributed by atoms with Gasteiger partial charge in [-0.25, -0.2) is 4.79 Å². The minimum atomic E-state index is -0.294. The largest absolute Gasteiger partial charge is 0.385 e. The third kappa shape index (κ3) is 4.95. The third-order valence-corrected chi connectivity index (χ3v) is 5.47. The SMILES string of the molecule is CC(=O)c1ccc(NCCCN2CCN(c3cc(=O)n(C)c(=O)n3C)CC2)cc1. The van der Waals surface area contributed by atoms with Crippen LogP contribution in [-0.2, 0) is 14.1 Å². The van der Waals surface area contributed by atoms with Crippen LogP contribution >= 0.6 is 0 Å². The summed E-state index contributed by atoms with van der Waals surface area (Å²) in [4.78, 5) is 39.9. The van der Waals surface area contributed by atoms with E-state index in [0.717, 1.165) is 61.5 Å². The average Bonchev–Trinajstić information content (AvgIpc) is 2.73. The number of hydrogen-bond acceptors (Lipinski definition) is 6. The third-order valence-electron chi connectivity index (χ3n) is 5.47. The lowest BCUT2D eigenvalue weighted by Crippen LogP contribution is -2.49. The maximum atomic E-state index is 12.1. The average molecular weight is 399 g/mol. The molecule has 1 aromatic heterocycles. The Hall–Kier alpha value is -2.87. The summed E-state index contributed by atoms with van der Waals surface area (Å²) in [6.45, 7) is 6.80. The van der Waals surface area contributed by atoms with Crippen LogP contribution in [0, 0.1) is 0 Å². The van der Waals surface area contributed by atoms with E-state index in [4.69, 9.17) is 0 Å². The molecule has 0 spiro atoms. The summed E-state index contributed by atoms with van der Waals surface area (Å²) >= 11 is 0. The van der Waals surface area contributed by atoms with Gasteiger partial charge in [0.05, 0.1) is 0 Å². The maximum Gasteiger partial charge on any atom is 0.332 e. The van der Waals surface area contributed by atoms with Crippen molar-refractivity contribution in [1.29, 1.82) is 0 Å². The zero-order chi connectivity index (χ0) is 21.0. The lowest BCUT2D eigenvalue weighted by atomic mass is 10.1. The minimum Gasteiger partial charge on any atom is -0.385 e. The number of hydrogen-bond donors (Lipinski definition) is 1. The molecule has 1 N–H and O–H groups in total. The van der Waals surface area contributed by atoms with E-state index in [1.165, 1.54) is 7.05 Å². The molecule has 1 saturated heterocycles. The van der Waals surface area contributed by atoms with Gasteiger partial charge in [-0.1, -0.05) is 0 Å². The molecule has 1 fully saturated rings. The monoisotopic (exact) mass is 399 g/mol. The molecular weight excluding hydrogens is 370 g/mol. The summed E-state index contributed by atoms with van der Waals surface area (Å²) in [6.07, 6.45) is 1.01. The van der Waals surface area contributed by atoms with Gasteiger partial charge in [-0.3, -0.25) is 23.6 Å². The fourth-order valence-electron chi connectivity index (χ4n) is 3.58. The number of piperazine rings is 1. The van der Waals surface area contributed by atoms with Crippen molar-refractivity contribution in [1.82, 2.24) is 14.0 Å². The summed E-state index contributed by atoms with van der Waals surface area (Å²) in [6, 6.07) is 9.09. The highest BCUT2D eigenvalue weighted by atomic mass is 16.2. The van der Waals surface area contributed by atoms with Crippen LogP contribution in [-0.4, -0.2) is 59.1 Å². The van der Waals surface area contributed by atoms with Gasteiger partial charge in [0, 0.05) is 64.1 Å². The molecule has 156 valence electrons. The van der Waals surface area contributed by atoms with Gasteiger partial charge in [0.2, 0.25) is 0 Å². The fraction of sp³-hybridized carbons (Fsp3) is 0.476. The normalized spacial score (nSPS) is 14.8. The number of rotatable bonds is 7. The molecule has 2 heterocycles. The van der Waals surface area contributed by atoms with Gasteiger partial charge >= 0.3 is 5.69 Å². The van der Waals surface area contributed by atoms with E-state index in [0.29, 0.717) is 5.82 Å². The molecule has 0 saturated carbocycles. The van der Waals surface area contributed by atoms with Crippen molar-refractivity contribution in [3.05, 3.63) is 56.7 Å². The number of anilines is 2. The first-order chi connectivity index (χ1) is 13.9. The van der Waals surface area contributed by atoms with E-state index >= 15 is 0 Å². The van der Waals surface area contributed by atoms with Crippen LogP contribution in [0.2, 0.25) is 0 Å². The second-order valence-corrected chi connectivity index (χ2v) is 7.48. The Bertz CT molecular complexity index is 969. The van der Waals surface area contributed by atoms with Gasteiger partial charge in [-0.15, -0.1) is 0 Å². The number of benzene rings is 1. The number of aromatic nitrogens is 2. The Kier molecular flexibility index (Phi) is 6.53. The van der Waals surface area contributed by atoms with Gasteiger partial charge in [0.25, 0.3) is 5.56 Å². The number of carbonyl (C=O) groups excluding carboxylic acids is 1. The molecular formula is C21H29N5O3. The topological polar surface area (TPSA) is 79.6 Å². The lowest BCUT2D eigenvalue weighted by Gasteiger charge is -2.36.